The summed E-state index contributed by atoms with van der Waals surface area (Å²) >= 11 is 0. The minimum atomic E-state index is 0.769. The van der Waals surface area contributed by atoms with Crippen LogP contribution in [0.5, 0.6) is 0 Å². The number of nitrogens with two attached hydrogens (primary N) is 1. The Hall–Kier alpha value is -2.62. The van der Waals surface area contributed by atoms with E-state index >= 15 is 0 Å². The number of nitrogen functional groups attached to an aromatic ring is 1. The van der Waals surface area contributed by atoms with Crippen LogP contribution in [0, 0.1) is 6.92 Å². The number of nitrogens with zero attached hydrogens (tertiary/aromatic N) is 3. The van der Waals surface area contributed by atoms with Crippen LogP contribution in [0.15, 0.2) is 48.9 Å². The van der Waals surface area contributed by atoms with E-state index in [1.165, 1.54) is 5.56 Å². The summed E-state index contributed by atoms with van der Waals surface area (Å²) in [6.45, 7) is 2.08. The lowest BCUT2D eigenvalue weighted by Crippen LogP contribution is -1.90. The molecule has 0 aliphatic heterocycles. The molecule has 4 heteroatoms. The quantitative estimate of drug-likeness (QED) is 0.724. The summed E-state index contributed by atoms with van der Waals surface area (Å²) in [4.78, 5) is 4.42. The molecule has 4 nitrogen and oxygen atoms in total. The van der Waals surface area contributed by atoms with E-state index in [4.69, 9.17) is 5.73 Å². The highest BCUT2D eigenvalue weighted by molar-refractivity contribution is 5.74. The highest BCUT2D eigenvalue weighted by Crippen LogP contribution is 2.28. The van der Waals surface area contributed by atoms with Crippen molar-refractivity contribution in [3.8, 4) is 22.4 Å². The first kappa shape index (κ1) is 12.4. The smallest absolute Gasteiger partial charge is 0.0739 e. The van der Waals surface area contributed by atoms with Crippen molar-refractivity contribution < 1.29 is 0 Å². The molecule has 3 aromatic rings. The SMILES string of the molecule is Cc1ccc(N)cc1-c1ccnc(-c2cnn(C)c2)c1. The van der Waals surface area contributed by atoms with Crippen molar-refractivity contribution in [3.63, 3.8) is 0 Å². The third-order valence-corrected chi connectivity index (χ3v) is 3.33. The predicted molar refractivity (Wildman–Crippen MR) is 81.0 cm³/mol. The van der Waals surface area contributed by atoms with Crippen LogP contribution in [-0.2, 0) is 7.05 Å². The molecule has 0 aliphatic rings. The molecule has 0 amide bonds. The number of hydrogen-bond acceptors (Lipinski definition) is 3. The first-order chi connectivity index (χ1) is 9.63. The highest BCUT2D eigenvalue weighted by Gasteiger charge is 2.07. The van der Waals surface area contributed by atoms with Crippen molar-refractivity contribution in [1.82, 2.24) is 14.8 Å². The van der Waals surface area contributed by atoms with Gasteiger partial charge in [0.05, 0.1) is 11.9 Å². The Bertz CT molecular complexity index is 759. The second-order valence-corrected chi connectivity index (χ2v) is 4.91. The molecule has 2 heterocycles. The predicted octanol–water partition coefficient (Wildman–Crippen LogP) is 3.04. The van der Waals surface area contributed by atoms with Crippen LogP contribution in [0.1, 0.15) is 5.56 Å². The minimum absolute atomic E-state index is 0.769. The van der Waals surface area contributed by atoms with Gasteiger partial charge in [-0.25, -0.2) is 0 Å². The number of hydrogen-bond donors (Lipinski definition) is 1. The van der Waals surface area contributed by atoms with Crippen LogP contribution in [-0.4, -0.2) is 14.8 Å². The number of aromatic nitrogens is 3. The third-order valence-electron chi connectivity index (χ3n) is 3.33. The Morgan fingerprint density at radius 2 is 1.95 bits per heavy atom. The van der Waals surface area contributed by atoms with Gasteiger partial charge in [-0.1, -0.05) is 6.07 Å². The average Bonchev–Trinajstić information content (AvgIpc) is 2.88. The topological polar surface area (TPSA) is 56.7 Å². The summed E-state index contributed by atoms with van der Waals surface area (Å²) in [6.07, 6.45) is 5.59. The molecule has 3 rings (SSSR count). The lowest BCUT2D eigenvalue weighted by Gasteiger charge is -2.08. The lowest BCUT2D eigenvalue weighted by molar-refractivity contribution is 0.768. The molecule has 100 valence electrons. The van der Waals surface area contributed by atoms with Crippen LogP contribution in [0.3, 0.4) is 0 Å². The van der Waals surface area contributed by atoms with Crippen molar-refractivity contribution >= 4 is 5.69 Å². The van der Waals surface area contributed by atoms with Crippen molar-refractivity contribution in [2.45, 2.75) is 6.92 Å². The van der Waals surface area contributed by atoms with Gasteiger partial charge in [0, 0.05) is 30.7 Å². The average molecular weight is 264 g/mol. The van der Waals surface area contributed by atoms with Gasteiger partial charge in [-0.15, -0.1) is 0 Å². The van der Waals surface area contributed by atoms with E-state index in [2.05, 4.69) is 23.1 Å². The molecule has 0 unspecified atom stereocenters. The molecule has 0 aliphatic carbocycles. The number of aryl methyl sites for hydroxylation is 2. The molecular weight excluding hydrogens is 248 g/mol. The van der Waals surface area contributed by atoms with E-state index < -0.39 is 0 Å². The lowest BCUT2D eigenvalue weighted by atomic mass is 9.99. The summed E-state index contributed by atoms with van der Waals surface area (Å²) in [5, 5.41) is 4.18. The van der Waals surface area contributed by atoms with Gasteiger partial charge in [0.15, 0.2) is 0 Å². The van der Waals surface area contributed by atoms with Gasteiger partial charge in [-0.05, 0) is 47.9 Å². The van der Waals surface area contributed by atoms with E-state index in [0.717, 1.165) is 28.1 Å². The number of pyridine rings is 1. The van der Waals surface area contributed by atoms with Crippen LogP contribution in [0.4, 0.5) is 5.69 Å². The van der Waals surface area contributed by atoms with Crippen LogP contribution < -0.4 is 5.73 Å². The molecule has 0 fully saturated rings. The van der Waals surface area contributed by atoms with Crippen molar-refractivity contribution in [1.29, 1.82) is 0 Å². The molecule has 2 aromatic heterocycles. The van der Waals surface area contributed by atoms with Gasteiger partial charge in [-0.3, -0.25) is 9.67 Å². The third kappa shape index (κ3) is 2.28. The maximum atomic E-state index is 5.89. The summed E-state index contributed by atoms with van der Waals surface area (Å²) < 4.78 is 1.77. The fraction of sp³-hybridized carbons (Fsp3) is 0.125. The molecule has 2 N–H and O–H groups in total. The Balaban J connectivity index is 2.09. The first-order valence-corrected chi connectivity index (χ1v) is 6.45. The molecule has 0 atom stereocenters. The molecule has 0 saturated heterocycles. The van der Waals surface area contributed by atoms with Gasteiger partial charge >= 0.3 is 0 Å². The van der Waals surface area contributed by atoms with E-state index in [1.807, 2.05) is 49.9 Å². The summed E-state index contributed by atoms with van der Waals surface area (Å²) in [6, 6.07) is 10.0. The Labute approximate surface area is 117 Å². The molecule has 20 heavy (non-hydrogen) atoms. The van der Waals surface area contributed by atoms with Gasteiger partial charge in [0.25, 0.3) is 0 Å². The Kier molecular flexibility index (Phi) is 2.99. The van der Waals surface area contributed by atoms with Gasteiger partial charge in [0.1, 0.15) is 0 Å². The second-order valence-electron chi connectivity index (χ2n) is 4.91. The van der Waals surface area contributed by atoms with E-state index in [1.54, 1.807) is 4.68 Å². The molecule has 0 saturated carbocycles. The van der Waals surface area contributed by atoms with Crippen LogP contribution in [0.2, 0.25) is 0 Å². The molecule has 1 aromatic carbocycles. The first-order valence-electron chi connectivity index (χ1n) is 6.45. The Morgan fingerprint density at radius 1 is 1.10 bits per heavy atom. The Morgan fingerprint density at radius 3 is 2.70 bits per heavy atom. The zero-order valence-corrected chi connectivity index (χ0v) is 11.5. The van der Waals surface area contributed by atoms with Crippen molar-refractivity contribution in [2.75, 3.05) is 5.73 Å². The minimum Gasteiger partial charge on any atom is -0.399 e. The van der Waals surface area contributed by atoms with Gasteiger partial charge in [-0.2, -0.15) is 5.10 Å². The normalized spacial score (nSPS) is 10.7. The summed E-state index contributed by atoms with van der Waals surface area (Å²) in [7, 11) is 1.90. The van der Waals surface area contributed by atoms with E-state index in [9.17, 15) is 0 Å². The van der Waals surface area contributed by atoms with Crippen molar-refractivity contribution in [2.24, 2.45) is 7.05 Å². The van der Waals surface area contributed by atoms with E-state index in [-0.39, 0.29) is 0 Å². The molecule has 0 radical (unpaired) electrons. The standard InChI is InChI=1S/C16H16N4/c1-11-3-4-14(17)8-15(11)12-5-6-18-16(7-12)13-9-19-20(2)10-13/h3-10H,17H2,1-2H3. The summed E-state index contributed by atoms with van der Waals surface area (Å²) in [5.41, 5.74) is 12.0. The maximum absolute atomic E-state index is 5.89. The fourth-order valence-corrected chi connectivity index (χ4v) is 2.26. The van der Waals surface area contributed by atoms with Crippen molar-refractivity contribution in [3.05, 3.63) is 54.5 Å². The number of rotatable bonds is 2. The monoisotopic (exact) mass is 264 g/mol. The van der Waals surface area contributed by atoms with Crippen LogP contribution >= 0.6 is 0 Å². The maximum Gasteiger partial charge on any atom is 0.0739 e. The van der Waals surface area contributed by atoms with Gasteiger partial charge < -0.3 is 5.73 Å². The highest BCUT2D eigenvalue weighted by atomic mass is 15.2. The summed E-state index contributed by atoms with van der Waals surface area (Å²) in [5.74, 6) is 0. The van der Waals surface area contributed by atoms with Crippen LogP contribution in [0.25, 0.3) is 22.4 Å². The van der Waals surface area contributed by atoms with E-state index in [0.29, 0.717) is 0 Å². The number of benzene rings is 1. The molecule has 0 spiro atoms. The van der Waals surface area contributed by atoms with Gasteiger partial charge in [0.2, 0.25) is 0 Å². The zero-order valence-electron chi connectivity index (χ0n) is 11.5. The zero-order chi connectivity index (χ0) is 14.1. The fourth-order valence-electron chi connectivity index (χ4n) is 2.26. The molecule has 0 bridgehead atoms. The second kappa shape index (κ2) is 4.81. The number of anilines is 1. The molecular formula is C16H16N4. The largest absolute Gasteiger partial charge is 0.399 e.